The molecule has 1 aromatic carbocycles. The van der Waals surface area contributed by atoms with E-state index >= 15 is 0 Å². The number of benzene rings is 1. The molecule has 0 saturated carbocycles. The van der Waals surface area contributed by atoms with Crippen molar-refractivity contribution in [3.05, 3.63) is 40.7 Å². The lowest BCUT2D eigenvalue weighted by Crippen LogP contribution is -2.18. The number of rotatable bonds is 2. The van der Waals surface area contributed by atoms with E-state index in [0.29, 0.717) is 28.3 Å². The van der Waals surface area contributed by atoms with E-state index in [1.165, 1.54) is 4.68 Å². The van der Waals surface area contributed by atoms with Crippen LogP contribution in [0.25, 0.3) is 0 Å². The van der Waals surface area contributed by atoms with Crippen molar-refractivity contribution >= 4 is 17.3 Å². The fourth-order valence-corrected chi connectivity index (χ4v) is 1.95. The molecule has 102 valence electrons. The van der Waals surface area contributed by atoms with E-state index in [1.54, 1.807) is 32.2 Å². The summed E-state index contributed by atoms with van der Waals surface area (Å²) in [5, 5.41) is 15.8. The number of nitrogens with two attached hydrogens (primary N) is 1. The van der Waals surface area contributed by atoms with Crippen molar-refractivity contribution in [3.8, 4) is 6.07 Å². The van der Waals surface area contributed by atoms with Gasteiger partial charge in [0, 0.05) is 12.7 Å². The molecule has 0 aliphatic heterocycles. The molecule has 1 aromatic heterocycles. The molecule has 0 bridgehead atoms. The second-order valence-corrected chi connectivity index (χ2v) is 4.57. The summed E-state index contributed by atoms with van der Waals surface area (Å²) < 4.78 is 1.45. The lowest BCUT2D eigenvalue weighted by Gasteiger charge is -2.09. The van der Waals surface area contributed by atoms with E-state index < -0.39 is 0 Å². The predicted molar refractivity (Wildman–Crippen MR) is 76.2 cm³/mol. The molecule has 20 heavy (non-hydrogen) atoms. The Labute approximate surface area is 116 Å². The summed E-state index contributed by atoms with van der Waals surface area (Å²) in [5.41, 5.74) is 9.08. The summed E-state index contributed by atoms with van der Waals surface area (Å²) in [6.07, 6.45) is 0. The van der Waals surface area contributed by atoms with Crippen LogP contribution in [0.3, 0.4) is 0 Å². The zero-order valence-electron chi connectivity index (χ0n) is 11.6. The summed E-state index contributed by atoms with van der Waals surface area (Å²) >= 11 is 0. The molecule has 0 radical (unpaired) electrons. The Balaban J connectivity index is 2.35. The first kappa shape index (κ1) is 13.6. The molecule has 0 saturated heterocycles. The number of aryl methyl sites for hydroxylation is 3. The van der Waals surface area contributed by atoms with Crippen molar-refractivity contribution < 1.29 is 4.79 Å². The van der Waals surface area contributed by atoms with Gasteiger partial charge in [-0.15, -0.1) is 0 Å². The van der Waals surface area contributed by atoms with Gasteiger partial charge < -0.3 is 11.1 Å². The average molecular weight is 269 g/mol. The number of nitrogen functional groups attached to an aromatic ring is 1. The molecule has 0 fully saturated rings. The van der Waals surface area contributed by atoms with E-state index in [1.807, 2.05) is 13.0 Å². The van der Waals surface area contributed by atoms with Crippen LogP contribution in [0.2, 0.25) is 0 Å². The van der Waals surface area contributed by atoms with Gasteiger partial charge in [0.1, 0.15) is 5.69 Å². The third-order valence-electron chi connectivity index (χ3n) is 3.10. The summed E-state index contributed by atoms with van der Waals surface area (Å²) in [6.45, 7) is 3.60. The molecule has 3 N–H and O–H groups in total. The van der Waals surface area contributed by atoms with Crippen LogP contribution >= 0.6 is 0 Å². The molecule has 0 spiro atoms. The lowest BCUT2D eigenvalue weighted by molar-refractivity contribution is 0.101. The number of nitriles is 1. The minimum atomic E-state index is -0.344. The van der Waals surface area contributed by atoms with Gasteiger partial charge in [0.15, 0.2) is 0 Å². The summed E-state index contributed by atoms with van der Waals surface area (Å²) in [6, 6.07) is 7.16. The van der Waals surface area contributed by atoms with Crippen molar-refractivity contribution in [1.29, 1.82) is 5.26 Å². The topological polar surface area (TPSA) is 96.7 Å². The van der Waals surface area contributed by atoms with Crippen LogP contribution in [-0.2, 0) is 7.05 Å². The molecule has 1 amide bonds. The number of nitrogens with one attached hydrogen (secondary N) is 1. The highest BCUT2D eigenvalue weighted by molar-refractivity contribution is 6.07. The summed E-state index contributed by atoms with van der Waals surface area (Å²) in [5.74, 6) is -0.344. The fraction of sp³-hybridized carbons (Fsp3) is 0.214. The third-order valence-corrected chi connectivity index (χ3v) is 3.10. The van der Waals surface area contributed by atoms with E-state index in [9.17, 15) is 4.79 Å². The van der Waals surface area contributed by atoms with Crippen molar-refractivity contribution in [1.82, 2.24) is 9.78 Å². The molecule has 0 aliphatic carbocycles. The second-order valence-electron chi connectivity index (χ2n) is 4.57. The van der Waals surface area contributed by atoms with Gasteiger partial charge in [-0.1, -0.05) is 6.07 Å². The average Bonchev–Trinajstić information content (AvgIpc) is 2.66. The highest BCUT2D eigenvalue weighted by Gasteiger charge is 2.18. The predicted octanol–water partition coefficient (Wildman–Crippen LogP) is 1.74. The smallest absolute Gasteiger partial charge is 0.276 e. The Hall–Kier alpha value is -2.81. The zero-order valence-corrected chi connectivity index (χ0v) is 11.6. The second kappa shape index (κ2) is 5.05. The minimum Gasteiger partial charge on any atom is -0.395 e. The maximum absolute atomic E-state index is 12.3. The Bertz CT molecular complexity index is 724. The van der Waals surface area contributed by atoms with Gasteiger partial charge in [-0.2, -0.15) is 10.4 Å². The Kier molecular flexibility index (Phi) is 3.44. The first-order valence-electron chi connectivity index (χ1n) is 6.05. The van der Waals surface area contributed by atoms with Gasteiger partial charge in [-0.05, 0) is 31.5 Å². The molecule has 1 heterocycles. The molecule has 0 aliphatic rings. The van der Waals surface area contributed by atoms with Crippen molar-refractivity contribution in [2.75, 3.05) is 11.1 Å². The number of aromatic nitrogens is 2. The maximum atomic E-state index is 12.3. The molecular weight excluding hydrogens is 254 g/mol. The molecule has 2 rings (SSSR count). The minimum absolute atomic E-state index is 0.310. The van der Waals surface area contributed by atoms with Gasteiger partial charge in [-0.3, -0.25) is 9.48 Å². The molecule has 6 nitrogen and oxygen atoms in total. The Morgan fingerprint density at radius 3 is 2.70 bits per heavy atom. The van der Waals surface area contributed by atoms with Crippen molar-refractivity contribution in [2.45, 2.75) is 13.8 Å². The van der Waals surface area contributed by atoms with Crippen LogP contribution in [0.4, 0.5) is 11.4 Å². The van der Waals surface area contributed by atoms with Crippen LogP contribution in [0, 0.1) is 25.2 Å². The summed E-state index contributed by atoms with van der Waals surface area (Å²) in [7, 11) is 1.66. The van der Waals surface area contributed by atoms with Gasteiger partial charge in [0.2, 0.25) is 0 Å². The van der Waals surface area contributed by atoms with Gasteiger partial charge in [0.05, 0.1) is 23.0 Å². The highest BCUT2D eigenvalue weighted by Crippen LogP contribution is 2.20. The number of carbonyl (C=O) groups is 1. The Morgan fingerprint density at radius 1 is 1.45 bits per heavy atom. The molecular formula is C14H15N5O. The Morgan fingerprint density at radius 2 is 2.15 bits per heavy atom. The van der Waals surface area contributed by atoms with Crippen LogP contribution in [0.15, 0.2) is 18.2 Å². The molecule has 2 aromatic rings. The zero-order chi connectivity index (χ0) is 14.9. The number of amides is 1. The lowest BCUT2D eigenvalue weighted by atomic mass is 10.1. The molecule has 0 atom stereocenters. The largest absolute Gasteiger partial charge is 0.395 e. The van der Waals surface area contributed by atoms with Crippen molar-refractivity contribution in [3.63, 3.8) is 0 Å². The first-order chi connectivity index (χ1) is 9.43. The van der Waals surface area contributed by atoms with E-state index in [-0.39, 0.29) is 5.91 Å². The SMILES string of the molecule is Cc1ccc(C#N)cc1NC(=O)c1c(N)c(C)nn1C. The number of carbonyl (C=O) groups excluding carboxylic acids is 1. The number of anilines is 2. The van der Waals surface area contributed by atoms with E-state index in [0.717, 1.165) is 5.56 Å². The van der Waals surface area contributed by atoms with Gasteiger partial charge in [-0.25, -0.2) is 0 Å². The van der Waals surface area contributed by atoms with Crippen LogP contribution in [-0.4, -0.2) is 15.7 Å². The van der Waals surface area contributed by atoms with Gasteiger partial charge >= 0.3 is 0 Å². The molecule has 6 heteroatoms. The highest BCUT2D eigenvalue weighted by atomic mass is 16.2. The van der Waals surface area contributed by atoms with Gasteiger partial charge in [0.25, 0.3) is 5.91 Å². The maximum Gasteiger partial charge on any atom is 0.276 e. The first-order valence-corrected chi connectivity index (χ1v) is 6.05. The molecule has 0 unspecified atom stereocenters. The standard InChI is InChI=1S/C14H15N5O/c1-8-4-5-10(7-15)6-11(8)17-14(20)13-12(16)9(2)18-19(13)3/h4-6H,16H2,1-3H3,(H,17,20). The van der Waals surface area contributed by atoms with Crippen LogP contribution in [0.5, 0.6) is 0 Å². The quantitative estimate of drug-likeness (QED) is 0.867. The van der Waals surface area contributed by atoms with Crippen LogP contribution < -0.4 is 11.1 Å². The number of nitrogens with zero attached hydrogens (tertiary/aromatic N) is 3. The van der Waals surface area contributed by atoms with Crippen LogP contribution in [0.1, 0.15) is 27.3 Å². The normalized spacial score (nSPS) is 10.1. The third kappa shape index (κ3) is 2.34. The fourth-order valence-electron chi connectivity index (χ4n) is 1.95. The van der Waals surface area contributed by atoms with Crippen molar-refractivity contribution in [2.24, 2.45) is 7.05 Å². The number of hydrogen-bond acceptors (Lipinski definition) is 4. The van der Waals surface area contributed by atoms with E-state index in [2.05, 4.69) is 10.4 Å². The van der Waals surface area contributed by atoms with E-state index in [4.69, 9.17) is 11.0 Å². The summed E-state index contributed by atoms with van der Waals surface area (Å²) in [4.78, 5) is 12.3. The number of hydrogen-bond donors (Lipinski definition) is 2. The monoisotopic (exact) mass is 269 g/mol.